The van der Waals surface area contributed by atoms with E-state index < -0.39 is 28.1 Å². The van der Waals surface area contributed by atoms with Crippen LogP contribution >= 0.6 is 11.3 Å². The lowest BCUT2D eigenvalue weighted by molar-refractivity contribution is -0.140. The fourth-order valence-corrected chi connectivity index (χ4v) is 5.34. The van der Waals surface area contributed by atoms with Gasteiger partial charge in [0.1, 0.15) is 10.4 Å². The van der Waals surface area contributed by atoms with Crippen molar-refractivity contribution in [2.24, 2.45) is 0 Å². The number of carbonyl (C=O) groups excluding carboxylic acids is 2. The third-order valence-corrected chi connectivity index (χ3v) is 7.29. The number of rotatable bonds is 6. The summed E-state index contributed by atoms with van der Waals surface area (Å²) in [5.74, 6) is -1.67. The maximum atomic E-state index is 12.8. The van der Waals surface area contributed by atoms with Crippen LogP contribution in [0.4, 0.5) is 0 Å². The van der Waals surface area contributed by atoms with E-state index in [4.69, 9.17) is 4.74 Å². The second-order valence-corrected chi connectivity index (χ2v) is 9.05. The molecule has 0 bridgehead atoms. The third-order valence-electron chi connectivity index (χ3n) is 4.03. The Bertz CT molecular complexity index is 903. The van der Waals surface area contributed by atoms with Crippen molar-refractivity contribution in [1.29, 1.82) is 0 Å². The van der Waals surface area contributed by atoms with Crippen molar-refractivity contribution in [3.63, 3.8) is 0 Å². The maximum Gasteiger partial charge on any atom is 0.309 e. The number of carbonyl (C=O) groups is 2. The van der Waals surface area contributed by atoms with Gasteiger partial charge in [-0.3, -0.25) is 14.6 Å². The summed E-state index contributed by atoms with van der Waals surface area (Å²) in [7, 11) is -3.71. The first-order valence-corrected chi connectivity index (χ1v) is 10.9. The highest BCUT2D eigenvalue weighted by Crippen LogP contribution is 2.25. The molecular weight excluding hydrogens is 404 g/mol. The minimum absolute atomic E-state index is 0.121. The Morgan fingerprint density at radius 3 is 2.79 bits per heavy atom. The molecule has 0 radical (unpaired) electrons. The van der Waals surface area contributed by atoms with Crippen molar-refractivity contribution in [2.45, 2.75) is 23.4 Å². The zero-order valence-electron chi connectivity index (χ0n) is 14.9. The lowest BCUT2D eigenvalue weighted by atomic mass is 10.3. The second kappa shape index (κ2) is 9.24. The second-order valence-electron chi connectivity index (χ2n) is 5.98. The van der Waals surface area contributed by atoms with Crippen molar-refractivity contribution in [3.05, 3.63) is 47.6 Å². The number of hydrogen-bond acceptors (Lipinski definition) is 7. The molecule has 3 rings (SSSR count). The van der Waals surface area contributed by atoms with E-state index in [1.807, 2.05) is 0 Å². The van der Waals surface area contributed by atoms with Crippen LogP contribution in [-0.4, -0.2) is 55.4 Å². The molecule has 0 unspecified atom stereocenters. The van der Waals surface area contributed by atoms with Gasteiger partial charge in [-0.2, -0.15) is 4.31 Å². The Balaban J connectivity index is 1.55. The summed E-state index contributed by atoms with van der Waals surface area (Å²) in [6.07, 6.45) is 2.89. The van der Waals surface area contributed by atoms with Crippen LogP contribution in [0.25, 0.3) is 0 Å². The Kier molecular flexibility index (Phi) is 6.73. The third kappa shape index (κ3) is 4.93. The predicted octanol–water partition coefficient (Wildman–Crippen LogP) is 0.313. The van der Waals surface area contributed by atoms with E-state index in [9.17, 15) is 18.0 Å². The molecule has 150 valence electrons. The highest BCUT2D eigenvalue weighted by atomic mass is 32.2. The number of hydrogen-bond donors (Lipinski definition) is 2. The lowest BCUT2D eigenvalue weighted by Gasteiger charge is -2.34. The van der Waals surface area contributed by atoms with Crippen molar-refractivity contribution in [1.82, 2.24) is 19.9 Å². The van der Waals surface area contributed by atoms with Gasteiger partial charge in [-0.05, 0) is 29.5 Å². The SMILES string of the molecule is O=C(NCc1cccnc1)C(=O)NC[C@H]1OCCCN1S(=O)(=O)c1cccs1. The van der Waals surface area contributed by atoms with E-state index in [0.29, 0.717) is 13.0 Å². The van der Waals surface area contributed by atoms with Crippen LogP contribution in [0.1, 0.15) is 12.0 Å². The molecule has 9 nitrogen and oxygen atoms in total. The molecule has 1 fully saturated rings. The number of ether oxygens (including phenoxy) is 1. The molecule has 0 saturated carbocycles. The summed E-state index contributed by atoms with van der Waals surface area (Å²) in [5.41, 5.74) is 0.757. The van der Waals surface area contributed by atoms with Crippen LogP contribution in [0.5, 0.6) is 0 Å². The Morgan fingerprint density at radius 1 is 1.25 bits per heavy atom. The van der Waals surface area contributed by atoms with E-state index in [1.165, 1.54) is 10.4 Å². The predicted molar refractivity (Wildman–Crippen MR) is 102 cm³/mol. The highest BCUT2D eigenvalue weighted by molar-refractivity contribution is 7.91. The number of pyridine rings is 1. The molecule has 2 aromatic heterocycles. The van der Waals surface area contributed by atoms with E-state index in [1.54, 1.807) is 36.0 Å². The van der Waals surface area contributed by atoms with Crippen LogP contribution in [0.3, 0.4) is 0 Å². The summed E-state index contributed by atoms with van der Waals surface area (Å²) in [4.78, 5) is 27.9. The van der Waals surface area contributed by atoms with E-state index in [2.05, 4.69) is 15.6 Å². The number of nitrogens with zero attached hydrogens (tertiary/aromatic N) is 2. The molecule has 0 aliphatic carbocycles. The molecular formula is C17H20N4O5S2. The molecule has 2 N–H and O–H groups in total. The van der Waals surface area contributed by atoms with Crippen molar-refractivity contribution in [2.75, 3.05) is 19.7 Å². The number of sulfonamides is 1. The molecule has 11 heteroatoms. The van der Waals surface area contributed by atoms with Gasteiger partial charge in [-0.15, -0.1) is 11.3 Å². The Labute approximate surface area is 166 Å². The minimum atomic E-state index is -3.71. The van der Waals surface area contributed by atoms with Gasteiger partial charge >= 0.3 is 11.8 Å². The molecule has 1 saturated heterocycles. The molecule has 28 heavy (non-hydrogen) atoms. The first-order valence-electron chi connectivity index (χ1n) is 8.60. The quantitative estimate of drug-likeness (QED) is 0.645. The summed E-state index contributed by atoms with van der Waals surface area (Å²) in [6, 6.07) is 6.68. The normalized spacial score (nSPS) is 17.8. The molecule has 0 spiro atoms. The molecule has 2 amide bonds. The Hall–Kier alpha value is -2.34. The number of thiophene rings is 1. The monoisotopic (exact) mass is 424 g/mol. The smallest absolute Gasteiger partial charge is 0.309 e. The summed E-state index contributed by atoms with van der Waals surface area (Å²) in [6.45, 7) is 0.709. The Morgan fingerprint density at radius 2 is 2.07 bits per heavy atom. The average Bonchev–Trinajstić information content (AvgIpc) is 3.27. The van der Waals surface area contributed by atoms with Crippen molar-refractivity contribution in [3.8, 4) is 0 Å². The van der Waals surface area contributed by atoms with Gasteiger partial charge in [0.15, 0.2) is 0 Å². The summed E-state index contributed by atoms with van der Waals surface area (Å²) < 4.78 is 32.5. The highest BCUT2D eigenvalue weighted by Gasteiger charge is 2.35. The first-order chi connectivity index (χ1) is 13.5. The van der Waals surface area contributed by atoms with E-state index in [-0.39, 0.29) is 23.8 Å². The molecule has 2 aromatic rings. The van der Waals surface area contributed by atoms with Gasteiger partial charge in [0.2, 0.25) is 0 Å². The van der Waals surface area contributed by atoms with E-state index >= 15 is 0 Å². The number of amides is 2. The largest absolute Gasteiger partial charge is 0.360 e. The minimum Gasteiger partial charge on any atom is -0.360 e. The summed E-state index contributed by atoms with van der Waals surface area (Å²) in [5, 5.41) is 6.61. The van der Waals surface area contributed by atoms with Gasteiger partial charge in [0.05, 0.1) is 13.2 Å². The van der Waals surface area contributed by atoms with Gasteiger partial charge in [-0.1, -0.05) is 12.1 Å². The topological polar surface area (TPSA) is 118 Å². The van der Waals surface area contributed by atoms with Gasteiger partial charge in [-0.25, -0.2) is 8.42 Å². The fraction of sp³-hybridized carbons (Fsp3) is 0.353. The number of nitrogens with one attached hydrogen (secondary N) is 2. The van der Waals surface area contributed by atoms with Crippen molar-refractivity contribution < 1.29 is 22.7 Å². The van der Waals surface area contributed by atoms with Gasteiger partial charge in [0, 0.05) is 25.5 Å². The number of aromatic nitrogens is 1. The van der Waals surface area contributed by atoms with Crippen molar-refractivity contribution >= 4 is 33.2 Å². The molecule has 1 atom stereocenters. The average molecular weight is 425 g/mol. The molecule has 3 heterocycles. The van der Waals surface area contributed by atoms with Crippen LogP contribution in [0.15, 0.2) is 46.2 Å². The van der Waals surface area contributed by atoms with Crippen LogP contribution < -0.4 is 10.6 Å². The van der Waals surface area contributed by atoms with Crippen LogP contribution in [0.2, 0.25) is 0 Å². The van der Waals surface area contributed by atoms with Gasteiger partial charge < -0.3 is 15.4 Å². The van der Waals surface area contributed by atoms with Gasteiger partial charge in [0.25, 0.3) is 10.0 Å². The zero-order valence-corrected chi connectivity index (χ0v) is 16.5. The first kappa shape index (κ1) is 20.4. The summed E-state index contributed by atoms with van der Waals surface area (Å²) >= 11 is 1.12. The molecule has 1 aliphatic heterocycles. The standard InChI is InChI=1S/C17H20N4O5S2/c22-16(19-11-13-4-1-6-18-10-13)17(23)20-12-14-21(7-3-8-26-14)28(24,25)15-5-2-9-27-15/h1-2,4-6,9-10,14H,3,7-8,11-12H2,(H,19,22)(H,20,23)/t14-/m1/s1. The lowest BCUT2D eigenvalue weighted by Crippen LogP contribution is -2.52. The molecule has 1 aliphatic rings. The zero-order chi connectivity index (χ0) is 20.0. The fourth-order valence-electron chi connectivity index (χ4n) is 2.65. The van der Waals surface area contributed by atoms with Crippen LogP contribution in [-0.2, 0) is 30.9 Å². The van der Waals surface area contributed by atoms with E-state index in [0.717, 1.165) is 16.9 Å². The molecule has 0 aromatic carbocycles. The van der Waals surface area contributed by atoms with Crippen LogP contribution in [0, 0.1) is 0 Å². The maximum absolute atomic E-state index is 12.8.